The molecular formula is C29H32N2O9. The Kier molecular flexibility index (Phi) is 10.7. The van der Waals surface area contributed by atoms with E-state index < -0.39 is 16.5 Å². The Morgan fingerprint density at radius 1 is 0.850 bits per heavy atom. The molecule has 11 nitrogen and oxygen atoms in total. The van der Waals surface area contributed by atoms with E-state index in [1.165, 1.54) is 6.07 Å². The molecule has 11 heteroatoms. The minimum Gasteiger partial charge on any atom is -0.487 e. The molecule has 0 atom stereocenters. The zero-order valence-electron chi connectivity index (χ0n) is 22.3. The summed E-state index contributed by atoms with van der Waals surface area (Å²) in [5, 5.41) is 14.8. The molecule has 1 amide bonds. The Labute approximate surface area is 232 Å². The van der Waals surface area contributed by atoms with Crippen LogP contribution in [-0.4, -0.2) is 63.7 Å². The third-order valence-corrected chi connectivity index (χ3v) is 5.90. The van der Waals surface area contributed by atoms with Gasteiger partial charge in [-0.1, -0.05) is 36.4 Å². The van der Waals surface area contributed by atoms with Crippen LogP contribution in [0.2, 0.25) is 0 Å². The number of hydrogen-bond acceptors (Lipinski definition) is 9. The van der Waals surface area contributed by atoms with Gasteiger partial charge in [0.1, 0.15) is 25.4 Å². The summed E-state index contributed by atoms with van der Waals surface area (Å²) in [6.07, 6.45) is 0. The topological polar surface area (TPSA) is 128 Å². The first-order valence-corrected chi connectivity index (χ1v) is 12.9. The van der Waals surface area contributed by atoms with Crippen LogP contribution in [0.4, 0.5) is 11.4 Å². The Morgan fingerprint density at radius 2 is 1.48 bits per heavy atom. The second-order valence-electron chi connectivity index (χ2n) is 8.79. The number of fused-ring (bicyclic) bond motifs is 1. The number of aryl methyl sites for hydroxylation is 1. The molecule has 1 N–H and O–H groups in total. The van der Waals surface area contributed by atoms with Crippen LogP contribution in [0.3, 0.4) is 0 Å². The summed E-state index contributed by atoms with van der Waals surface area (Å²) in [7, 11) is 0. The molecule has 0 aliphatic carbocycles. The van der Waals surface area contributed by atoms with Gasteiger partial charge in [-0.05, 0) is 36.2 Å². The summed E-state index contributed by atoms with van der Waals surface area (Å²) in [5.74, 6) is 0.236. The van der Waals surface area contributed by atoms with Crippen molar-refractivity contribution in [3.8, 4) is 17.2 Å². The first-order chi connectivity index (χ1) is 19.5. The van der Waals surface area contributed by atoms with Crippen LogP contribution in [0.15, 0.2) is 60.7 Å². The number of nitro benzene ring substituents is 1. The van der Waals surface area contributed by atoms with Crippen molar-refractivity contribution in [3.05, 3.63) is 87.5 Å². The number of nitro groups is 1. The van der Waals surface area contributed by atoms with Gasteiger partial charge in [0.25, 0.3) is 5.91 Å². The molecule has 0 saturated heterocycles. The lowest BCUT2D eigenvalue weighted by molar-refractivity contribution is -0.386. The molecule has 0 saturated carbocycles. The van der Waals surface area contributed by atoms with Crippen molar-refractivity contribution < 1.29 is 38.1 Å². The van der Waals surface area contributed by atoms with E-state index in [9.17, 15) is 14.9 Å². The van der Waals surface area contributed by atoms with Crippen LogP contribution >= 0.6 is 0 Å². The van der Waals surface area contributed by atoms with Gasteiger partial charge < -0.3 is 33.7 Å². The van der Waals surface area contributed by atoms with E-state index in [0.717, 1.165) is 5.56 Å². The maximum absolute atomic E-state index is 13.3. The smallest absolute Gasteiger partial charge is 0.323 e. The molecule has 0 aromatic heterocycles. The zero-order valence-corrected chi connectivity index (χ0v) is 22.3. The van der Waals surface area contributed by atoms with Crippen LogP contribution in [0, 0.1) is 17.0 Å². The molecule has 4 rings (SSSR count). The number of rotatable bonds is 6. The van der Waals surface area contributed by atoms with Crippen molar-refractivity contribution in [1.82, 2.24) is 0 Å². The summed E-state index contributed by atoms with van der Waals surface area (Å²) in [4.78, 5) is 24.7. The average molecular weight is 553 g/mol. The fraction of sp³-hybridized carbons (Fsp3) is 0.345. The minimum absolute atomic E-state index is 0.0471. The predicted molar refractivity (Wildman–Crippen MR) is 146 cm³/mol. The number of hydrogen-bond donors (Lipinski definition) is 1. The summed E-state index contributed by atoms with van der Waals surface area (Å²) < 4.78 is 33.9. The average Bonchev–Trinajstić information content (AvgIpc) is 2.96. The lowest BCUT2D eigenvalue weighted by Gasteiger charge is -2.15. The first-order valence-electron chi connectivity index (χ1n) is 12.9. The van der Waals surface area contributed by atoms with Crippen molar-refractivity contribution in [2.75, 3.05) is 58.2 Å². The van der Waals surface area contributed by atoms with Crippen LogP contribution in [0.5, 0.6) is 17.2 Å². The van der Waals surface area contributed by atoms with Gasteiger partial charge in [-0.2, -0.15) is 0 Å². The standard InChI is InChI=1S/C29H32N2O9/c1-21-7-9-24(27(31(33)34)28(21)40-20-22-5-3-2-4-6-22)29(32)30-23-8-10-25-26(19-23)39-18-16-37-14-12-35-11-13-36-15-17-38-25/h2-10,19H,11-18,20H2,1H3,(H,30,32). The molecule has 0 spiro atoms. The Morgan fingerprint density at radius 3 is 2.12 bits per heavy atom. The molecule has 0 unspecified atom stereocenters. The Hall–Kier alpha value is -4.19. The second kappa shape index (κ2) is 14.8. The van der Waals surface area contributed by atoms with Gasteiger partial charge in [0.05, 0.1) is 44.6 Å². The van der Waals surface area contributed by atoms with Crippen LogP contribution in [0.25, 0.3) is 0 Å². The molecule has 0 fully saturated rings. The molecule has 1 heterocycles. The summed E-state index contributed by atoms with van der Waals surface area (Å²) in [6.45, 7) is 4.85. The molecule has 40 heavy (non-hydrogen) atoms. The fourth-order valence-electron chi connectivity index (χ4n) is 3.93. The van der Waals surface area contributed by atoms with E-state index in [1.807, 2.05) is 30.3 Å². The summed E-state index contributed by atoms with van der Waals surface area (Å²) >= 11 is 0. The van der Waals surface area contributed by atoms with Gasteiger partial charge in [0, 0.05) is 11.8 Å². The first kappa shape index (κ1) is 28.8. The number of amides is 1. The maximum atomic E-state index is 13.3. The van der Waals surface area contributed by atoms with Crippen molar-refractivity contribution >= 4 is 17.3 Å². The monoisotopic (exact) mass is 552 g/mol. The minimum atomic E-state index is -0.661. The van der Waals surface area contributed by atoms with Gasteiger partial charge in [0.15, 0.2) is 11.5 Å². The number of carbonyl (C=O) groups is 1. The summed E-state index contributed by atoms with van der Waals surface area (Å²) in [5.41, 5.74) is 1.24. The number of nitrogens with zero attached hydrogens (tertiary/aromatic N) is 1. The van der Waals surface area contributed by atoms with Gasteiger partial charge in [-0.3, -0.25) is 14.9 Å². The molecule has 3 aromatic rings. The molecule has 1 aliphatic rings. The fourth-order valence-corrected chi connectivity index (χ4v) is 3.93. The number of ether oxygens (including phenoxy) is 6. The Balaban J connectivity index is 1.52. The van der Waals surface area contributed by atoms with Crippen LogP contribution in [0.1, 0.15) is 21.5 Å². The summed E-state index contributed by atoms with van der Waals surface area (Å²) in [6, 6.07) is 17.2. The van der Waals surface area contributed by atoms with E-state index in [-0.39, 0.29) is 24.5 Å². The largest absolute Gasteiger partial charge is 0.487 e. The van der Waals surface area contributed by atoms with E-state index in [0.29, 0.717) is 69.0 Å². The van der Waals surface area contributed by atoms with Crippen molar-refractivity contribution in [1.29, 1.82) is 0 Å². The lowest BCUT2D eigenvalue weighted by Crippen LogP contribution is -2.16. The normalized spacial score (nSPS) is 14.8. The molecular weight excluding hydrogens is 520 g/mol. The number of anilines is 1. The highest BCUT2D eigenvalue weighted by molar-refractivity contribution is 6.08. The third-order valence-electron chi connectivity index (χ3n) is 5.90. The number of carbonyl (C=O) groups excluding carboxylic acids is 1. The number of benzene rings is 3. The van der Waals surface area contributed by atoms with E-state index in [4.69, 9.17) is 28.4 Å². The molecule has 1 aliphatic heterocycles. The highest BCUT2D eigenvalue weighted by Crippen LogP contribution is 2.36. The maximum Gasteiger partial charge on any atom is 0.323 e. The quantitative estimate of drug-likeness (QED) is 0.346. The van der Waals surface area contributed by atoms with E-state index in [2.05, 4.69) is 5.32 Å². The van der Waals surface area contributed by atoms with Gasteiger partial charge in [-0.25, -0.2) is 0 Å². The van der Waals surface area contributed by atoms with Crippen molar-refractivity contribution in [2.45, 2.75) is 13.5 Å². The predicted octanol–water partition coefficient (Wildman–Crippen LogP) is 4.56. The van der Waals surface area contributed by atoms with Crippen molar-refractivity contribution in [3.63, 3.8) is 0 Å². The van der Waals surface area contributed by atoms with E-state index >= 15 is 0 Å². The molecule has 0 bridgehead atoms. The molecule has 3 aromatic carbocycles. The lowest BCUT2D eigenvalue weighted by atomic mass is 10.1. The number of nitrogens with one attached hydrogen (secondary N) is 1. The highest BCUT2D eigenvalue weighted by Gasteiger charge is 2.28. The van der Waals surface area contributed by atoms with Crippen LogP contribution in [-0.2, 0) is 20.8 Å². The second-order valence-corrected chi connectivity index (χ2v) is 8.79. The zero-order chi connectivity index (χ0) is 28.2. The van der Waals surface area contributed by atoms with Gasteiger partial charge in [-0.15, -0.1) is 0 Å². The highest BCUT2D eigenvalue weighted by atomic mass is 16.6. The Bertz CT molecular complexity index is 1280. The van der Waals surface area contributed by atoms with E-state index in [1.54, 1.807) is 31.2 Å². The van der Waals surface area contributed by atoms with Gasteiger partial charge in [0.2, 0.25) is 5.75 Å². The van der Waals surface area contributed by atoms with Crippen LogP contribution < -0.4 is 19.5 Å². The SMILES string of the molecule is Cc1ccc(C(=O)Nc2ccc3c(c2)OCCOCCOCCOCCO3)c([N+](=O)[O-])c1OCc1ccccc1. The molecule has 0 radical (unpaired) electrons. The third kappa shape index (κ3) is 8.15. The van der Waals surface area contributed by atoms with Gasteiger partial charge >= 0.3 is 5.69 Å². The van der Waals surface area contributed by atoms with Crippen molar-refractivity contribution in [2.24, 2.45) is 0 Å². The molecule has 212 valence electrons.